The highest BCUT2D eigenvalue weighted by molar-refractivity contribution is 8.00. The average Bonchev–Trinajstić information content (AvgIpc) is 2.96. The predicted molar refractivity (Wildman–Crippen MR) is 92.6 cm³/mol. The number of benzene rings is 1. The lowest BCUT2D eigenvalue weighted by atomic mass is 9.87. The average molecular weight is 321 g/mol. The van der Waals surface area contributed by atoms with Crippen molar-refractivity contribution in [2.24, 2.45) is 0 Å². The minimum absolute atomic E-state index is 0.0843. The van der Waals surface area contributed by atoms with Crippen LogP contribution < -0.4 is 5.32 Å². The van der Waals surface area contributed by atoms with Crippen LogP contribution >= 0.6 is 11.8 Å². The van der Waals surface area contributed by atoms with E-state index in [-0.39, 0.29) is 17.4 Å². The Balaban J connectivity index is 1.86. The molecule has 0 bridgehead atoms. The van der Waals surface area contributed by atoms with Crippen LogP contribution in [0.5, 0.6) is 0 Å². The highest BCUT2D eigenvalue weighted by Gasteiger charge is 2.17. The third-order valence-corrected chi connectivity index (χ3v) is 5.12. The van der Waals surface area contributed by atoms with Crippen LogP contribution in [-0.4, -0.2) is 30.9 Å². The van der Waals surface area contributed by atoms with Crippen LogP contribution in [0.1, 0.15) is 44.7 Å². The second-order valence-corrected chi connectivity index (χ2v) is 7.98. The summed E-state index contributed by atoms with van der Waals surface area (Å²) in [7, 11) is 0. The van der Waals surface area contributed by atoms with Crippen molar-refractivity contribution in [2.75, 3.05) is 18.9 Å². The lowest BCUT2D eigenvalue weighted by molar-refractivity contribution is -0.119. The predicted octanol–water partition coefficient (Wildman–Crippen LogP) is 3.68. The maximum Gasteiger partial charge on any atom is 0.230 e. The standard InChI is InChI=1S/C18H27NO2S/c1-13-7-8-14(18(2,3)4)10-16(13)22-12-17(20)19-11-15-6-5-9-21-15/h7-8,10,15H,5-6,9,11-12H2,1-4H3,(H,19,20). The molecule has 0 radical (unpaired) electrons. The summed E-state index contributed by atoms with van der Waals surface area (Å²) in [5, 5.41) is 2.97. The first-order chi connectivity index (χ1) is 10.4. The SMILES string of the molecule is Cc1ccc(C(C)(C)C)cc1SCC(=O)NCC1CCCO1. The van der Waals surface area contributed by atoms with Crippen LogP contribution in [0, 0.1) is 6.92 Å². The van der Waals surface area contributed by atoms with Gasteiger partial charge in [0.15, 0.2) is 0 Å². The second kappa shape index (κ2) is 7.51. The number of amides is 1. The first kappa shape index (κ1) is 17.4. The van der Waals surface area contributed by atoms with Gasteiger partial charge >= 0.3 is 0 Å². The lowest BCUT2D eigenvalue weighted by Crippen LogP contribution is -2.32. The Bertz CT molecular complexity index is 516. The van der Waals surface area contributed by atoms with E-state index in [2.05, 4.69) is 51.2 Å². The maximum atomic E-state index is 12.0. The van der Waals surface area contributed by atoms with Crippen molar-refractivity contribution >= 4 is 17.7 Å². The third kappa shape index (κ3) is 5.03. The monoisotopic (exact) mass is 321 g/mol. The first-order valence-electron chi connectivity index (χ1n) is 7.98. The van der Waals surface area contributed by atoms with Gasteiger partial charge in [0.05, 0.1) is 11.9 Å². The van der Waals surface area contributed by atoms with E-state index >= 15 is 0 Å². The van der Waals surface area contributed by atoms with Crippen LogP contribution in [-0.2, 0) is 14.9 Å². The van der Waals surface area contributed by atoms with Gasteiger partial charge in [-0.1, -0.05) is 32.9 Å². The van der Waals surface area contributed by atoms with Gasteiger partial charge < -0.3 is 10.1 Å². The number of nitrogens with one attached hydrogen (secondary N) is 1. The molecule has 1 fully saturated rings. The maximum absolute atomic E-state index is 12.0. The van der Waals surface area contributed by atoms with Gasteiger partial charge in [0.2, 0.25) is 5.91 Å². The van der Waals surface area contributed by atoms with E-state index in [0.29, 0.717) is 12.3 Å². The minimum Gasteiger partial charge on any atom is -0.376 e. The molecule has 0 saturated carbocycles. The zero-order valence-electron chi connectivity index (χ0n) is 14.1. The van der Waals surface area contributed by atoms with Gasteiger partial charge in [-0.05, 0) is 42.4 Å². The molecule has 122 valence electrons. The summed E-state index contributed by atoms with van der Waals surface area (Å²) >= 11 is 1.62. The zero-order chi connectivity index (χ0) is 16.2. The van der Waals surface area contributed by atoms with E-state index in [1.807, 2.05) is 0 Å². The Morgan fingerprint density at radius 1 is 1.41 bits per heavy atom. The van der Waals surface area contributed by atoms with Crippen molar-refractivity contribution in [3.05, 3.63) is 29.3 Å². The number of ether oxygens (including phenoxy) is 1. The molecule has 3 nitrogen and oxygen atoms in total. The fourth-order valence-electron chi connectivity index (χ4n) is 2.45. The summed E-state index contributed by atoms with van der Waals surface area (Å²) in [6.07, 6.45) is 2.37. The number of thioether (sulfide) groups is 1. The summed E-state index contributed by atoms with van der Waals surface area (Å²) in [4.78, 5) is 13.2. The number of hydrogen-bond donors (Lipinski definition) is 1. The van der Waals surface area contributed by atoms with Gasteiger partial charge in [0.25, 0.3) is 0 Å². The molecule has 1 heterocycles. The molecule has 1 N–H and O–H groups in total. The summed E-state index contributed by atoms with van der Waals surface area (Å²) < 4.78 is 5.52. The van der Waals surface area contributed by atoms with Crippen LogP contribution in [0.3, 0.4) is 0 Å². The summed E-state index contributed by atoms with van der Waals surface area (Å²) in [5.41, 5.74) is 2.66. The molecular weight excluding hydrogens is 294 g/mol. The molecule has 1 aromatic carbocycles. The van der Waals surface area contributed by atoms with Gasteiger partial charge in [-0.2, -0.15) is 0 Å². The van der Waals surface area contributed by atoms with E-state index in [4.69, 9.17) is 4.74 Å². The molecule has 1 unspecified atom stereocenters. The topological polar surface area (TPSA) is 38.3 Å². The molecule has 1 aliphatic heterocycles. The molecule has 1 aliphatic rings. The van der Waals surface area contributed by atoms with E-state index in [0.717, 1.165) is 19.4 Å². The molecule has 1 saturated heterocycles. The van der Waals surface area contributed by atoms with Crippen LogP contribution in [0.4, 0.5) is 0 Å². The highest BCUT2D eigenvalue weighted by atomic mass is 32.2. The number of carbonyl (C=O) groups is 1. The quantitative estimate of drug-likeness (QED) is 0.841. The van der Waals surface area contributed by atoms with Gasteiger partial charge in [0.1, 0.15) is 0 Å². The van der Waals surface area contributed by atoms with Gasteiger partial charge in [-0.25, -0.2) is 0 Å². The van der Waals surface area contributed by atoms with Crippen molar-refractivity contribution in [3.63, 3.8) is 0 Å². The summed E-state index contributed by atoms with van der Waals surface area (Å²) in [6.45, 7) is 10.2. The Kier molecular flexibility index (Phi) is 5.93. The Morgan fingerprint density at radius 2 is 2.18 bits per heavy atom. The number of hydrogen-bond acceptors (Lipinski definition) is 3. The zero-order valence-corrected chi connectivity index (χ0v) is 14.9. The van der Waals surface area contributed by atoms with Gasteiger partial charge in [-0.3, -0.25) is 4.79 Å². The Labute approximate surface area is 138 Å². The fourth-order valence-corrected chi connectivity index (χ4v) is 3.34. The minimum atomic E-state index is 0.0843. The van der Waals surface area contributed by atoms with Crippen LogP contribution in [0.2, 0.25) is 0 Å². The Hall–Kier alpha value is -1.00. The molecular formula is C18H27NO2S. The van der Waals surface area contributed by atoms with Crippen molar-refractivity contribution in [3.8, 4) is 0 Å². The number of aryl methyl sites for hydroxylation is 1. The molecule has 0 aromatic heterocycles. The van der Waals surface area contributed by atoms with Crippen molar-refractivity contribution in [2.45, 2.75) is 57.0 Å². The fraction of sp³-hybridized carbons (Fsp3) is 0.611. The number of carbonyl (C=O) groups excluding carboxylic acids is 1. The molecule has 1 amide bonds. The Morgan fingerprint density at radius 3 is 2.82 bits per heavy atom. The largest absolute Gasteiger partial charge is 0.376 e. The smallest absolute Gasteiger partial charge is 0.230 e. The third-order valence-electron chi connectivity index (χ3n) is 3.96. The first-order valence-corrected chi connectivity index (χ1v) is 8.97. The highest BCUT2D eigenvalue weighted by Crippen LogP contribution is 2.29. The van der Waals surface area contributed by atoms with E-state index < -0.39 is 0 Å². The molecule has 0 spiro atoms. The van der Waals surface area contributed by atoms with E-state index in [1.54, 1.807) is 11.8 Å². The molecule has 0 aliphatic carbocycles. The number of rotatable bonds is 5. The van der Waals surface area contributed by atoms with Gasteiger partial charge in [0, 0.05) is 18.0 Å². The summed E-state index contributed by atoms with van der Waals surface area (Å²) in [6, 6.07) is 6.54. The molecule has 22 heavy (non-hydrogen) atoms. The molecule has 2 rings (SSSR count). The van der Waals surface area contributed by atoms with Crippen molar-refractivity contribution in [1.29, 1.82) is 0 Å². The lowest BCUT2D eigenvalue weighted by Gasteiger charge is -2.20. The normalized spacial score (nSPS) is 18.5. The molecule has 4 heteroatoms. The van der Waals surface area contributed by atoms with E-state index in [9.17, 15) is 4.79 Å². The van der Waals surface area contributed by atoms with Crippen molar-refractivity contribution < 1.29 is 9.53 Å². The molecule has 1 atom stereocenters. The van der Waals surface area contributed by atoms with Crippen LogP contribution in [0.25, 0.3) is 0 Å². The van der Waals surface area contributed by atoms with Crippen molar-refractivity contribution in [1.82, 2.24) is 5.32 Å². The van der Waals surface area contributed by atoms with E-state index in [1.165, 1.54) is 16.0 Å². The molecule has 1 aromatic rings. The van der Waals surface area contributed by atoms with Crippen LogP contribution in [0.15, 0.2) is 23.1 Å². The van der Waals surface area contributed by atoms with Gasteiger partial charge in [-0.15, -0.1) is 11.8 Å². The summed E-state index contributed by atoms with van der Waals surface area (Å²) in [5.74, 6) is 0.544. The second-order valence-electron chi connectivity index (χ2n) is 6.96.